The molecule has 1 atom stereocenters. The van der Waals surface area contributed by atoms with Crippen molar-refractivity contribution in [3.8, 4) is 11.1 Å². The molecule has 0 amide bonds. The van der Waals surface area contributed by atoms with Crippen LogP contribution in [0.4, 0.5) is 0 Å². The summed E-state index contributed by atoms with van der Waals surface area (Å²) >= 11 is 0. The summed E-state index contributed by atoms with van der Waals surface area (Å²) in [7, 11) is 0. The highest BCUT2D eigenvalue weighted by atomic mass is 14.3. The summed E-state index contributed by atoms with van der Waals surface area (Å²) in [5, 5.41) is 0. The number of benzene rings is 2. The highest BCUT2D eigenvalue weighted by Crippen LogP contribution is 2.41. The smallest absolute Gasteiger partial charge is 0.0181 e. The number of aryl methyl sites for hydroxylation is 2. The predicted molar refractivity (Wildman–Crippen MR) is 135 cm³/mol. The first-order chi connectivity index (χ1) is 15.3. The third kappa shape index (κ3) is 5.79. The van der Waals surface area contributed by atoms with E-state index in [-0.39, 0.29) is 0 Å². The summed E-state index contributed by atoms with van der Waals surface area (Å²) in [6.07, 6.45) is 21.1. The van der Waals surface area contributed by atoms with Gasteiger partial charge in [0, 0.05) is 0 Å². The third-order valence-corrected chi connectivity index (χ3v) is 7.93. The van der Waals surface area contributed by atoms with Crippen LogP contribution < -0.4 is 0 Å². The molecule has 0 nitrogen and oxygen atoms in total. The van der Waals surface area contributed by atoms with Gasteiger partial charge in [-0.3, -0.25) is 0 Å². The van der Waals surface area contributed by atoms with Crippen LogP contribution >= 0.6 is 0 Å². The number of hydrogen-bond acceptors (Lipinski definition) is 0. The molecule has 31 heavy (non-hydrogen) atoms. The average Bonchev–Trinajstić information content (AvgIpc) is 2.83. The molecule has 0 aliphatic heterocycles. The molecule has 1 fully saturated rings. The quantitative estimate of drug-likeness (QED) is 0.380. The number of rotatable bonds is 8. The molecule has 0 heterocycles. The molecule has 164 valence electrons. The summed E-state index contributed by atoms with van der Waals surface area (Å²) in [5.74, 6) is 2.83. The third-order valence-electron chi connectivity index (χ3n) is 7.93. The molecule has 2 aromatic rings. The van der Waals surface area contributed by atoms with Gasteiger partial charge in [-0.25, -0.2) is 0 Å². The van der Waals surface area contributed by atoms with Crippen molar-refractivity contribution >= 4 is 0 Å². The minimum atomic E-state index is 0.912. The SMILES string of the molecule is C=CCCC1CCC(C2CCc3cc(-c4ccc(CC/C=C/C)cc4)ccc3C2)CC1. The Morgan fingerprint density at radius 3 is 2.35 bits per heavy atom. The molecule has 0 saturated heterocycles. The van der Waals surface area contributed by atoms with Crippen LogP contribution in [0, 0.1) is 17.8 Å². The van der Waals surface area contributed by atoms with Crippen LogP contribution in [0.25, 0.3) is 11.1 Å². The highest BCUT2D eigenvalue weighted by molar-refractivity contribution is 5.65. The van der Waals surface area contributed by atoms with E-state index in [0.29, 0.717) is 0 Å². The van der Waals surface area contributed by atoms with Crippen molar-refractivity contribution in [1.29, 1.82) is 0 Å². The molecule has 4 rings (SSSR count). The van der Waals surface area contributed by atoms with Gasteiger partial charge in [-0.2, -0.15) is 0 Å². The Balaban J connectivity index is 1.35. The van der Waals surface area contributed by atoms with Crippen LogP contribution in [-0.2, 0) is 19.3 Å². The van der Waals surface area contributed by atoms with Crippen LogP contribution in [0.1, 0.15) is 75.0 Å². The van der Waals surface area contributed by atoms with E-state index in [1.807, 2.05) is 0 Å². The van der Waals surface area contributed by atoms with E-state index in [1.54, 1.807) is 11.1 Å². The summed E-state index contributed by atoms with van der Waals surface area (Å²) in [5.41, 5.74) is 7.40. The van der Waals surface area contributed by atoms with E-state index in [9.17, 15) is 0 Å². The van der Waals surface area contributed by atoms with Crippen molar-refractivity contribution in [2.24, 2.45) is 17.8 Å². The molecule has 2 aromatic carbocycles. The van der Waals surface area contributed by atoms with E-state index in [4.69, 9.17) is 0 Å². The van der Waals surface area contributed by atoms with Crippen molar-refractivity contribution in [2.75, 3.05) is 0 Å². The lowest BCUT2D eigenvalue weighted by atomic mass is 9.69. The molecule has 1 saturated carbocycles. The summed E-state index contributed by atoms with van der Waals surface area (Å²) in [6.45, 7) is 5.99. The maximum atomic E-state index is 3.90. The maximum Gasteiger partial charge on any atom is -0.0181 e. The Kier molecular flexibility index (Phi) is 7.84. The molecule has 2 aliphatic rings. The van der Waals surface area contributed by atoms with Gasteiger partial charge < -0.3 is 0 Å². The van der Waals surface area contributed by atoms with Gasteiger partial charge in [-0.1, -0.05) is 73.5 Å². The average molecular weight is 413 g/mol. The topological polar surface area (TPSA) is 0 Å². The number of allylic oxidation sites excluding steroid dienone is 3. The molecule has 0 spiro atoms. The molecule has 0 N–H and O–H groups in total. The monoisotopic (exact) mass is 412 g/mol. The van der Waals surface area contributed by atoms with Crippen LogP contribution in [0.3, 0.4) is 0 Å². The minimum absolute atomic E-state index is 0.912. The Morgan fingerprint density at radius 1 is 0.839 bits per heavy atom. The Hall–Kier alpha value is -2.08. The molecule has 2 aliphatic carbocycles. The lowest BCUT2D eigenvalue weighted by Crippen LogP contribution is -2.26. The van der Waals surface area contributed by atoms with Crippen LogP contribution in [0.15, 0.2) is 67.3 Å². The van der Waals surface area contributed by atoms with Crippen molar-refractivity contribution in [2.45, 2.75) is 77.6 Å². The molecule has 0 aromatic heterocycles. The van der Waals surface area contributed by atoms with E-state index < -0.39 is 0 Å². The molecular weight excluding hydrogens is 372 g/mol. The second kappa shape index (κ2) is 11.0. The first kappa shape index (κ1) is 22.1. The fourth-order valence-electron chi connectivity index (χ4n) is 5.95. The van der Waals surface area contributed by atoms with E-state index >= 15 is 0 Å². The first-order valence-electron chi connectivity index (χ1n) is 12.7. The van der Waals surface area contributed by atoms with Crippen molar-refractivity contribution < 1.29 is 0 Å². The van der Waals surface area contributed by atoms with Crippen LogP contribution in [0.2, 0.25) is 0 Å². The Bertz CT molecular complexity index is 861. The van der Waals surface area contributed by atoms with Crippen LogP contribution in [-0.4, -0.2) is 0 Å². The summed E-state index contributed by atoms with van der Waals surface area (Å²) in [6, 6.07) is 16.5. The Labute approximate surface area is 190 Å². The normalized spacial score (nSPS) is 23.6. The van der Waals surface area contributed by atoms with Gasteiger partial charge >= 0.3 is 0 Å². The van der Waals surface area contributed by atoms with Gasteiger partial charge in [0.25, 0.3) is 0 Å². The van der Waals surface area contributed by atoms with Gasteiger partial charge in [-0.15, -0.1) is 6.58 Å². The zero-order valence-electron chi connectivity index (χ0n) is 19.5. The Morgan fingerprint density at radius 2 is 1.61 bits per heavy atom. The first-order valence-corrected chi connectivity index (χ1v) is 12.7. The van der Waals surface area contributed by atoms with Gasteiger partial charge in [0.15, 0.2) is 0 Å². The zero-order valence-corrected chi connectivity index (χ0v) is 19.5. The van der Waals surface area contributed by atoms with Gasteiger partial charge in [0.2, 0.25) is 0 Å². The van der Waals surface area contributed by atoms with Gasteiger partial charge in [0.05, 0.1) is 0 Å². The van der Waals surface area contributed by atoms with Gasteiger partial charge in [-0.05, 0) is 110 Å². The second-order valence-corrected chi connectivity index (χ2v) is 9.94. The lowest BCUT2D eigenvalue weighted by Gasteiger charge is -2.36. The van der Waals surface area contributed by atoms with Crippen LogP contribution in [0.5, 0.6) is 0 Å². The van der Waals surface area contributed by atoms with E-state index in [1.165, 1.54) is 74.5 Å². The van der Waals surface area contributed by atoms with Crippen molar-refractivity contribution in [1.82, 2.24) is 0 Å². The molecule has 0 radical (unpaired) electrons. The summed E-state index contributed by atoms with van der Waals surface area (Å²) in [4.78, 5) is 0. The van der Waals surface area contributed by atoms with E-state index in [0.717, 1.165) is 30.6 Å². The summed E-state index contributed by atoms with van der Waals surface area (Å²) < 4.78 is 0. The molecule has 1 unspecified atom stereocenters. The predicted octanol–water partition coefficient (Wildman–Crippen LogP) is 8.74. The molecular formula is C31H40. The number of hydrogen-bond donors (Lipinski definition) is 0. The van der Waals surface area contributed by atoms with E-state index in [2.05, 4.69) is 74.2 Å². The largest absolute Gasteiger partial charge is 0.103 e. The fraction of sp³-hybridized carbons (Fsp3) is 0.484. The van der Waals surface area contributed by atoms with Crippen molar-refractivity contribution in [3.05, 3.63) is 84.0 Å². The second-order valence-electron chi connectivity index (χ2n) is 9.94. The standard InChI is InChI=1S/C31H40/c1-3-5-7-9-25-12-16-27(17-13-25)29-19-21-30-22-28(18-20-31(30)23-29)26-14-10-24(11-15-26)8-6-4-2/h3-5,12-13,16-17,19,21,23-24,26,28H,2,6-11,14-15,18,20,22H2,1H3/b5-3+. The minimum Gasteiger partial charge on any atom is -0.103 e. The van der Waals surface area contributed by atoms with Gasteiger partial charge in [0.1, 0.15) is 0 Å². The highest BCUT2D eigenvalue weighted by Gasteiger charge is 2.30. The maximum absolute atomic E-state index is 3.90. The molecule has 0 bridgehead atoms. The lowest BCUT2D eigenvalue weighted by molar-refractivity contribution is 0.185. The van der Waals surface area contributed by atoms with Crippen molar-refractivity contribution in [3.63, 3.8) is 0 Å². The number of fused-ring (bicyclic) bond motifs is 1. The molecule has 0 heteroatoms. The fourth-order valence-corrected chi connectivity index (χ4v) is 5.95. The zero-order chi connectivity index (χ0) is 21.5.